The molecule has 2 atom stereocenters. The Morgan fingerprint density at radius 3 is 2.81 bits per heavy atom. The molecule has 1 N–H and O–H groups in total. The van der Waals surface area contributed by atoms with Crippen LogP contribution in [0.2, 0.25) is 0 Å². The number of hydrogen-bond donors (Lipinski definition) is 1. The molecule has 1 fully saturated rings. The van der Waals surface area contributed by atoms with Crippen LogP contribution in [-0.4, -0.2) is 20.2 Å². The van der Waals surface area contributed by atoms with Crippen molar-refractivity contribution in [1.29, 1.82) is 0 Å². The lowest BCUT2D eigenvalue weighted by Crippen LogP contribution is -2.27. The van der Waals surface area contributed by atoms with Crippen molar-refractivity contribution in [2.24, 2.45) is 0 Å². The fourth-order valence-electron chi connectivity index (χ4n) is 2.82. The van der Waals surface area contributed by atoms with Crippen LogP contribution in [-0.2, 0) is 0 Å². The molecule has 0 spiro atoms. The van der Waals surface area contributed by atoms with E-state index in [1.54, 1.807) is 7.11 Å². The Morgan fingerprint density at radius 2 is 2.12 bits per heavy atom. The summed E-state index contributed by atoms with van der Waals surface area (Å²) < 4.78 is 5.48. The Bertz CT molecular complexity index is 362. The van der Waals surface area contributed by atoms with Gasteiger partial charge in [0.15, 0.2) is 0 Å². The molecule has 1 aliphatic carbocycles. The van der Waals surface area contributed by atoms with E-state index in [1.165, 1.54) is 30.4 Å². The molecule has 1 aromatic rings. The van der Waals surface area contributed by atoms with Gasteiger partial charge < -0.3 is 10.1 Å². The van der Waals surface area contributed by atoms with E-state index in [9.17, 15) is 0 Å². The van der Waals surface area contributed by atoms with Crippen molar-refractivity contribution in [3.8, 4) is 5.75 Å². The first kappa shape index (κ1) is 11.5. The summed E-state index contributed by atoms with van der Waals surface area (Å²) in [5.41, 5.74) is 2.69. The average molecular weight is 219 g/mol. The normalized spacial score (nSPS) is 24.7. The van der Waals surface area contributed by atoms with Crippen LogP contribution >= 0.6 is 0 Å². The summed E-state index contributed by atoms with van der Waals surface area (Å²) in [6.07, 6.45) is 3.86. The summed E-state index contributed by atoms with van der Waals surface area (Å²) in [5.74, 6) is 1.65. The van der Waals surface area contributed by atoms with Gasteiger partial charge in [0.25, 0.3) is 0 Å². The fraction of sp³-hybridized carbons (Fsp3) is 0.571. The Balaban J connectivity index is 2.34. The van der Waals surface area contributed by atoms with Crippen molar-refractivity contribution in [3.63, 3.8) is 0 Å². The molecule has 0 radical (unpaired) electrons. The Labute approximate surface area is 98.0 Å². The van der Waals surface area contributed by atoms with Gasteiger partial charge in [-0.05, 0) is 38.4 Å². The van der Waals surface area contributed by atoms with Crippen LogP contribution < -0.4 is 10.1 Å². The molecule has 2 unspecified atom stereocenters. The minimum absolute atomic E-state index is 0.607. The number of aryl methyl sites for hydroxylation is 1. The van der Waals surface area contributed by atoms with Crippen LogP contribution in [0.5, 0.6) is 5.75 Å². The van der Waals surface area contributed by atoms with Crippen molar-refractivity contribution >= 4 is 0 Å². The predicted octanol–water partition coefficient (Wildman–Crippen LogP) is 2.86. The van der Waals surface area contributed by atoms with E-state index in [0.29, 0.717) is 12.0 Å². The van der Waals surface area contributed by atoms with Crippen molar-refractivity contribution in [1.82, 2.24) is 5.32 Å². The molecule has 1 aliphatic rings. The van der Waals surface area contributed by atoms with Crippen LogP contribution in [0.3, 0.4) is 0 Å². The largest absolute Gasteiger partial charge is 0.496 e. The Hall–Kier alpha value is -1.02. The van der Waals surface area contributed by atoms with Crippen LogP contribution in [0.4, 0.5) is 0 Å². The number of nitrogens with one attached hydrogen (secondary N) is 1. The third kappa shape index (κ3) is 2.07. The molecule has 0 aromatic heterocycles. The van der Waals surface area contributed by atoms with E-state index >= 15 is 0 Å². The minimum Gasteiger partial charge on any atom is -0.496 e. The lowest BCUT2D eigenvalue weighted by Gasteiger charge is -2.22. The van der Waals surface area contributed by atoms with E-state index in [4.69, 9.17) is 4.74 Å². The first-order valence-corrected chi connectivity index (χ1v) is 6.08. The molecule has 1 aromatic carbocycles. The molecule has 2 rings (SSSR count). The van der Waals surface area contributed by atoms with Gasteiger partial charge in [0.1, 0.15) is 5.75 Å². The maximum absolute atomic E-state index is 5.48. The molecule has 2 nitrogen and oxygen atoms in total. The highest BCUT2D eigenvalue weighted by Crippen LogP contribution is 2.39. The monoisotopic (exact) mass is 219 g/mol. The third-order valence-electron chi connectivity index (χ3n) is 3.67. The molecular formula is C14H21NO. The summed E-state index contributed by atoms with van der Waals surface area (Å²) in [6, 6.07) is 7.09. The molecule has 0 heterocycles. The smallest absolute Gasteiger partial charge is 0.122 e. The fourth-order valence-corrected chi connectivity index (χ4v) is 2.82. The number of likely N-dealkylation sites (N-methyl/N-ethyl adjacent to an activating group) is 1. The number of benzene rings is 1. The summed E-state index contributed by atoms with van der Waals surface area (Å²) in [6.45, 7) is 2.15. The first-order chi connectivity index (χ1) is 7.76. The molecular weight excluding hydrogens is 198 g/mol. The van der Waals surface area contributed by atoms with Crippen molar-refractivity contribution in [2.75, 3.05) is 14.2 Å². The first-order valence-electron chi connectivity index (χ1n) is 6.08. The number of ether oxygens (including phenoxy) is 1. The van der Waals surface area contributed by atoms with E-state index in [-0.39, 0.29) is 0 Å². The van der Waals surface area contributed by atoms with Crippen LogP contribution in [0.15, 0.2) is 18.2 Å². The molecule has 0 saturated heterocycles. The minimum atomic E-state index is 0.607. The van der Waals surface area contributed by atoms with Gasteiger partial charge in [0.2, 0.25) is 0 Å². The van der Waals surface area contributed by atoms with Crippen LogP contribution in [0, 0.1) is 6.92 Å². The summed E-state index contributed by atoms with van der Waals surface area (Å²) in [7, 11) is 3.82. The number of methoxy groups -OCH3 is 1. The Kier molecular flexibility index (Phi) is 3.49. The molecule has 1 saturated carbocycles. The SMILES string of the molecule is CNC1CCCC1c1cc(C)ccc1OC. The van der Waals surface area contributed by atoms with Gasteiger partial charge in [-0.1, -0.05) is 24.1 Å². The molecule has 2 heteroatoms. The highest BCUT2D eigenvalue weighted by atomic mass is 16.5. The zero-order valence-electron chi connectivity index (χ0n) is 10.4. The van der Waals surface area contributed by atoms with Gasteiger partial charge in [-0.25, -0.2) is 0 Å². The molecule has 16 heavy (non-hydrogen) atoms. The van der Waals surface area contributed by atoms with E-state index < -0.39 is 0 Å². The zero-order valence-corrected chi connectivity index (χ0v) is 10.4. The predicted molar refractivity (Wildman–Crippen MR) is 67.2 cm³/mol. The van der Waals surface area contributed by atoms with Crippen molar-refractivity contribution < 1.29 is 4.74 Å². The molecule has 0 amide bonds. The third-order valence-corrected chi connectivity index (χ3v) is 3.67. The zero-order chi connectivity index (χ0) is 11.5. The van der Waals surface area contributed by atoms with Gasteiger partial charge in [-0.3, -0.25) is 0 Å². The Morgan fingerprint density at radius 1 is 1.31 bits per heavy atom. The summed E-state index contributed by atoms with van der Waals surface area (Å²) in [4.78, 5) is 0. The lowest BCUT2D eigenvalue weighted by molar-refractivity contribution is 0.399. The van der Waals surface area contributed by atoms with Crippen LogP contribution in [0.1, 0.15) is 36.3 Å². The number of rotatable bonds is 3. The second-order valence-electron chi connectivity index (χ2n) is 4.68. The summed E-state index contributed by atoms with van der Waals surface area (Å²) >= 11 is 0. The van der Waals surface area contributed by atoms with Gasteiger partial charge in [-0.2, -0.15) is 0 Å². The second kappa shape index (κ2) is 4.88. The van der Waals surface area contributed by atoms with Crippen molar-refractivity contribution in [3.05, 3.63) is 29.3 Å². The summed E-state index contributed by atoms with van der Waals surface area (Å²) in [5, 5.41) is 3.43. The van der Waals surface area contributed by atoms with Crippen molar-refractivity contribution in [2.45, 2.75) is 38.1 Å². The molecule has 0 aliphatic heterocycles. The van der Waals surface area contributed by atoms with E-state index in [1.807, 2.05) is 0 Å². The highest BCUT2D eigenvalue weighted by molar-refractivity contribution is 5.40. The highest BCUT2D eigenvalue weighted by Gasteiger charge is 2.29. The molecule has 88 valence electrons. The molecule has 0 bridgehead atoms. The van der Waals surface area contributed by atoms with Gasteiger partial charge in [0.05, 0.1) is 7.11 Å². The maximum atomic E-state index is 5.48. The van der Waals surface area contributed by atoms with E-state index in [2.05, 4.69) is 37.5 Å². The maximum Gasteiger partial charge on any atom is 0.122 e. The second-order valence-corrected chi connectivity index (χ2v) is 4.68. The average Bonchev–Trinajstić information content (AvgIpc) is 2.76. The number of hydrogen-bond acceptors (Lipinski definition) is 2. The van der Waals surface area contributed by atoms with Gasteiger partial charge in [0, 0.05) is 12.0 Å². The van der Waals surface area contributed by atoms with E-state index in [0.717, 1.165) is 5.75 Å². The quantitative estimate of drug-likeness (QED) is 0.844. The lowest BCUT2D eigenvalue weighted by atomic mass is 9.92. The van der Waals surface area contributed by atoms with Gasteiger partial charge in [-0.15, -0.1) is 0 Å². The van der Waals surface area contributed by atoms with Crippen LogP contribution in [0.25, 0.3) is 0 Å². The standard InChI is InChI=1S/C14H21NO/c1-10-7-8-14(16-3)12(9-10)11-5-4-6-13(11)15-2/h7-9,11,13,15H,4-6H2,1-3H3. The topological polar surface area (TPSA) is 21.3 Å². The van der Waals surface area contributed by atoms with Gasteiger partial charge >= 0.3 is 0 Å².